The fourth-order valence-corrected chi connectivity index (χ4v) is 5.33. The lowest BCUT2D eigenvalue weighted by atomic mass is 10.0. The molecule has 3 saturated heterocycles. The van der Waals surface area contributed by atoms with Gasteiger partial charge in [0.05, 0.1) is 17.4 Å². The zero-order valence-corrected chi connectivity index (χ0v) is 19.3. The Morgan fingerprint density at radius 3 is 2.36 bits per heavy atom. The van der Waals surface area contributed by atoms with Gasteiger partial charge in [-0.3, -0.25) is 9.58 Å². The second-order valence-electron chi connectivity index (χ2n) is 9.82. The van der Waals surface area contributed by atoms with Crippen molar-refractivity contribution < 1.29 is 24.6 Å². The van der Waals surface area contributed by atoms with Gasteiger partial charge in [-0.2, -0.15) is 5.10 Å². The SMILES string of the molecule is CC(C)c1cc(CN2CC3CN(C(=O)On4c(O)ccc4O)CC3C2)n(C2CCOCC2)n1. The van der Waals surface area contributed by atoms with Crippen LogP contribution >= 0.6 is 0 Å². The number of hydrogen-bond donors (Lipinski definition) is 2. The minimum atomic E-state index is -0.558. The summed E-state index contributed by atoms with van der Waals surface area (Å²) in [6.45, 7) is 9.87. The van der Waals surface area contributed by atoms with Crippen molar-refractivity contribution in [3.8, 4) is 11.8 Å². The second-order valence-corrected chi connectivity index (χ2v) is 9.82. The van der Waals surface area contributed by atoms with Gasteiger partial charge in [-0.25, -0.2) is 4.79 Å². The third-order valence-corrected chi connectivity index (χ3v) is 7.13. The predicted octanol–water partition coefficient (Wildman–Crippen LogP) is 2.18. The van der Waals surface area contributed by atoms with Crippen molar-refractivity contribution in [2.24, 2.45) is 11.8 Å². The van der Waals surface area contributed by atoms with Gasteiger partial charge in [-0.05, 0) is 36.7 Å². The first-order valence-electron chi connectivity index (χ1n) is 11.8. The number of aromatic nitrogens is 3. The van der Waals surface area contributed by atoms with Gasteiger partial charge in [0, 0.05) is 58.1 Å². The summed E-state index contributed by atoms with van der Waals surface area (Å²) >= 11 is 0. The summed E-state index contributed by atoms with van der Waals surface area (Å²) in [5, 5.41) is 24.4. The summed E-state index contributed by atoms with van der Waals surface area (Å²) in [5.41, 5.74) is 2.40. The maximum absolute atomic E-state index is 12.5. The molecule has 10 heteroatoms. The Balaban J connectivity index is 1.21. The third kappa shape index (κ3) is 4.41. The van der Waals surface area contributed by atoms with E-state index in [4.69, 9.17) is 14.7 Å². The molecule has 0 radical (unpaired) electrons. The molecule has 5 heterocycles. The van der Waals surface area contributed by atoms with E-state index in [1.54, 1.807) is 4.90 Å². The summed E-state index contributed by atoms with van der Waals surface area (Å²) in [7, 11) is 0. The number of carbonyl (C=O) groups excluding carboxylic acids is 1. The molecule has 3 fully saturated rings. The Hall–Kier alpha value is -2.72. The van der Waals surface area contributed by atoms with E-state index in [0.717, 1.165) is 56.1 Å². The molecule has 0 bridgehead atoms. The van der Waals surface area contributed by atoms with Crippen LogP contribution in [0, 0.1) is 11.8 Å². The van der Waals surface area contributed by atoms with E-state index < -0.39 is 6.09 Å². The number of carbonyl (C=O) groups is 1. The van der Waals surface area contributed by atoms with Gasteiger partial charge in [-0.15, -0.1) is 4.73 Å². The summed E-state index contributed by atoms with van der Waals surface area (Å²) in [6.07, 6.45) is 1.44. The first-order valence-corrected chi connectivity index (χ1v) is 11.8. The lowest BCUT2D eigenvalue weighted by Gasteiger charge is -2.26. The molecule has 2 aromatic rings. The molecule has 180 valence electrons. The van der Waals surface area contributed by atoms with E-state index in [0.29, 0.717) is 36.9 Å². The van der Waals surface area contributed by atoms with Gasteiger partial charge in [0.1, 0.15) is 0 Å². The quantitative estimate of drug-likeness (QED) is 0.706. The van der Waals surface area contributed by atoms with Crippen molar-refractivity contribution in [3.05, 3.63) is 29.6 Å². The second kappa shape index (κ2) is 8.90. The Morgan fingerprint density at radius 2 is 1.76 bits per heavy atom. The first-order chi connectivity index (χ1) is 15.9. The van der Waals surface area contributed by atoms with Crippen LogP contribution in [0.5, 0.6) is 11.8 Å². The number of rotatable bonds is 5. The fraction of sp³-hybridized carbons (Fsp3) is 0.652. The lowest BCUT2D eigenvalue weighted by molar-refractivity contribution is 0.0644. The monoisotopic (exact) mass is 459 g/mol. The Morgan fingerprint density at radius 1 is 1.12 bits per heavy atom. The molecule has 0 spiro atoms. The maximum Gasteiger partial charge on any atom is 0.434 e. The number of likely N-dealkylation sites (tertiary alicyclic amines) is 2. The molecule has 3 aliphatic rings. The molecule has 0 saturated carbocycles. The van der Waals surface area contributed by atoms with Crippen LogP contribution in [0.2, 0.25) is 0 Å². The highest BCUT2D eigenvalue weighted by Gasteiger charge is 2.42. The molecule has 0 aliphatic carbocycles. The number of hydrogen-bond acceptors (Lipinski definition) is 7. The van der Waals surface area contributed by atoms with Crippen molar-refractivity contribution in [1.29, 1.82) is 0 Å². The van der Waals surface area contributed by atoms with E-state index in [2.05, 4.69) is 29.5 Å². The zero-order valence-electron chi connectivity index (χ0n) is 19.3. The molecular formula is C23H33N5O5. The number of fused-ring (bicyclic) bond motifs is 1. The number of ether oxygens (including phenoxy) is 1. The third-order valence-electron chi connectivity index (χ3n) is 7.13. The zero-order chi connectivity index (χ0) is 23.1. The van der Waals surface area contributed by atoms with Crippen LogP contribution in [0.15, 0.2) is 18.2 Å². The number of amides is 1. The van der Waals surface area contributed by atoms with Crippen LogP contribution in [0.4, 0.5) is 4.79 Å². The largest absolute Gasteiger partial charge is 0.492 e. The van der Waals surface area contributed by atoms with Crippen molar-refractivity contribution >= 4 is 6.09 Å². The molecule has 33 heavy (non-hydrogen) atoms. The molecule has 2 unspecified atom stereocenters. The number of nitrogens with zero attached hydrogens (tertiary/aromatic N) is 5. The fourth-order valence-electron chi connectivity index (χ4n) is 5.33. The van der Waals surface area contributed by atoms with E-state index in [9.17, 15) is 15.0 Å². The highest BCUT2D eigenvalue weighted by atomic mass is 16.7. The van der Waals surface area contributed by atoms with Gasteiger partial charge >= 0.3 is 6.09 Å². The maximum atomic E-state index is 12.5. The van der Waals surface area contributed by atoms with Gasteiger partial charge in [0.15, 0.2) is 0 Å². The molecule has 0 aromatic carbocycles. The highest BCUT2D eigenvalue weighted by Crippen LogP contribution is 2.33. The van der Waals surface area contributed by atoms with E-state index in [-0.39, 0.29) is 11.8 Å². The summed E-state index contributed by atoms with van der Waals surface area (Å²) in [5.74, 6) is 0.532. The standard InChI is InChI=1S/C23H33N5O5/c1-15(2)20-9-19(27(24-20)18-5-7-32-8-6-18)14-25-10-16-12-26(13-17(16)11-25)23(31)33-28-21(29)3-4-22(28)30/h3-4,9,15-18,29-30H,5-8,10-14H2,1-2H3. The molecule has 3 aliphatic heterocycles. The van der Waals surface area contributed by atoms with Crippen molar-refractivity contribution in [2.45, 2.75) is 45.2 Å². The first kappa shape index (κ1) is 22.1. The lowest BCUT2D eigenvalue weighted by Crippen LogP contribution is -2.37. The molecular weight excluding hydrogens is 426 g/mol. The molecule has 2 aromatic heterocycles. The van der Waals surface area contributed by atoms with Gasteiger partial charge < -0.3 is 24.7 Å². The minimum Gasteiger partial charge on any atom is -0.492 e. The van der Waals surface area contributed by atoms with Crippen molar-refractivity contribution in [2.75, 3.05) is 39.4 Å². The highest BCUT2D eigenvalue weighted by molar-refractivity contribution is 5.68. The Kier molecular flexibility index (Phi) is 5.96. The van der Waals surface area contributed by atoms with E-state index in [1.165, 1.54) is 17.8 Å². The van der Waals surface area contributed by atoms with Crippen LogP contribution in [0.25, 0.3) is 0 Å². The van der Waals surface area contributed by atoms with Crippen molar-refractivity contribution in [3.63, 3.8) is 0 Å². The van der Waals surface area contributed by atoms with Crippen LogP contribution < -0.4 is 4.84 Å². The van der Waals surface area contributed by atoms with Crippen molar-refractivity contribution in [1.82, 2.24) is 24.3 Å². The van der Waals surface area contributed by atoms with Crippen LogP contribution in [-0.2, 0) is 11.3 Å². The Labute approximate surface area is 193 Å². The Bertz CT molecular complexity index is 962. The average Bonchev–Trinajstić information content (AvgIpc) is 3.54. The molecule has 10 nitrogen and oxygen atoms in total. The molecule has 5 rings (SSSR count). The molecule has 2 atom stereocenters. The normalized spacial score (nSPS) is 24.0. The predicted molar refractivity (Wildman–Crippen MR) is 119 cm³/mol. The number of aromatic hydroxyl groups is 2. The summed E-state index contributed by atoms with van der Waals surface area (Å²) in [6, 6.07) is 5.20. The van der Waals surface area contributed by atoms with E-state index in [1.807, 2.05) is 0 Å². The molecule has 2 N–H and O–H groups in total. The van der Waals surface area contributed by atoms with Gasteiger partial charge in [0.2, 0.25) is 11.8 Å². The van der Waals surface area contributed by atoms with Crippen LogP contribution in [-0.4, -0.2) is 80.0 Å². The smallest absolute Gasteiger partial charge is 0.434 e. The van der Waals surface area contributed by atoms with Crippen LogP contribution in [0.3, 0.4) is 0 Å². The summed E-state index contributed by atoms with van der Waals surface area (Å²) in [4.78, 5) is 21.8. The summed E-state index contributed by atoms with van der Waals surface area (Å²) < 4.78 is 8.54. The van der Waals surface area contributed by atoms with E-state index >= 15 is 0 Å². The molecule has 1 amide bonds. The van der Waals surface area contributed by atoms with Gasteiger partial charge in [0.25, 0.3) is 0 Å². The average molecular weight is 460 g/mol. The topological polar surface area (TPSA) is 105 Å². The van der Waals surface area contributed by atoms with Crippen LogP contribution in [0.1, 0.15) is 50.0 Å². The van der Waals surface area contributed by atoms with Gasteiger partial charge in [-0.1, -0.05) is 13.8 Å². The minimum absolute atomic E-state index is 0.312.